The number of aromatic nitrogens is 1. The number of halogens is 3. The van der Waals surface area contributed by atoms with E-state index in [9.17, 15) is 13.2 Å². The van der Waals surface area contributed by atoms with Crippen LogP contribution in [0.3, 0.4) is 0 Å². The number of hydrogen-bond acceptors (Lipinski definition) is 0. The number of aromatic amines is 1. The third-order valence-electron chi connectivity index (χ3n) is 3.84. The topological polar surface area (TPSA) is 15.8 Å². The molecule has 0 saturated heterocycles. The van der Waals surface area contributed by atoms with Crippen LogP contribution >= 0.6 is 0 Å². The molecule has 1 aliphatic rings. The van der Waals surface area contributed by atoms with Crippen LogP contribution in [0.4, 0.5) is 13.2 Å². The highest BCUT2D eigenvalue weighted by Crippen LogP contribution is 2.51. The molecule has 0 spiro atoms. The first-order valence-corrected chi connectivity index (χ1v) is 5.60. The largest absolute Gasteiger partial charge is 0.398 e. The molecule has 1 heterocycles. The maximum Gasteiger partial charge on any atom is 0.398 e. The van der Waals surface area contributed by atoms with Crippen LogP contribution in [-0.4, -0.2) is 11.2 Å². The van der Waals surface area contributed by atoms with Crippen LogP contribution in [0.25, 0.3) is 10.9 Å². The van der Waals surface area contributed by atoms with Crippen molar-refractivity contribution in [3.63, 3.8) is 0 Å². The molecule has 0 aliphatic heterocycles. The van der Waals surface area contributed by atoms with Crippen molar-refractivity contribution in [2.24, 2.45) is 0 Å². The van der Waals surface area contributed by atoms with Crippen LogP contribution in [0, 0.1) is 0 Å². The summed E-state index contributed by atoms with van der Waals surface area (Å²) in [5.74, 6) is 0. The molecule has 90 valence electrons. The first kappa shape index (κ1) is 10.7. The van der Waals surface area contributed by atoms with E-state index in [2.05, 4.69) is 4.98 Å². The molecule has 17 heavy (non-hydrogen) atoms. The molecule has 1 nitrogen and oxygen atoms in total. The summed E-state index contributed by atoms with van der Waals surface area (Å²) in [5.41, 5.74) is 0.279. The predicted molar refractivity (Wildman–Crippen MR) is 60.0 cm³/mol. The Morgan fingerprint density at radius 3 is 2.65 bits per heavy atom. The van der Waals surface area contributed by atoms with Gasteiger partial charge in [-0.05, 0) is 31.4 Å². The average Bonchev–Trinajstić information content (AvgIpc) is 2.76. The van der Waals surface area contributed by atoms with Crippen molar-refractivity contribution in [2.75, 3.05) is 0 Å². The molecule has 0 amide bonds. The Morgan fingerprint density at radius 1 is 1.24 bits per heavy atom. The number of fused-ring (bicyclic) bond motifs is 3. The molecule has 1 unspecified atom stereocenters. The van der Waals surface area contributed by atoms with Gasteiger partial charge in [0, 0.05) is 16.6 Å². The normalized spacial score (nSPS) is 24.2. The number of para-hydroxylation sites is 1. The van der Waals surface area contributed by atoms with Crippen LogP contribution in [0.15, 0.2) is 24.3 Å². The summed E-state index contributed by atoms with van der Waals surface area (Å²) in [6.45, 7) is 1.30. The van der Waals surface area contributed by atoms with Crippen molar-refractivity contribution >= 4 is 10.9 Å². The number of hydrogen-bond donors (Lipinski definition) is 1. The van der Waals surface area contributed by atoms with E-state index in [1.54, 1.807) is 12.1 Å². The van der Waals surface area contributed by atoms with Gasteiger partial charge < -0.3 is 4.98 Å². The average molecular weight is 239 g/mol. The second-order valence-electron chi connectivity index (χ2n) is 4.85. The molecule has 2 aromatic rings. The maximum absolute atomic E-state index is 13.2. The van der Waals surface area contributed by atoms with Gasteiger partial charge in [0.1, 0.15) is 0 Å². The van der Waals surface area contributed by atoms with E-state index in [4.69, 9.17) is 0 Å². The highest BCUT2D eigenvalue weighted by atomic mass is 19.4. The van der Waals surface area contributed by atoms with E-state index in [1.807, 2.05) is 12.1 Å². The summed E-state index contributed by atoms with van der Waals surface area (Å²) in [4.78, 5) is 3.10. The quantitative estimate of drug-likeness (QED) is 0.716. The zero-order valence-electron chi connectivity index (χ0n) is 9.36. The monoisotopic (exact) mass is 239 g/mol. The SMILES string of the molecule is CC1(C(F)(F)F)CCc2[nH]c3ccccc3c21. The molecule has 1 N–H and O–H groups in total. The van der Waals surface area contributed by atoms with Gasteiger partial charge in [-0.25, -0.2) is 0 Å². The first-order chi connectivity index (χ1) is 7.93. The van der Waals surface area contributed by atoms with Gasteiger partial charge in [-0.1, -0.05) is 18.2 Å². The molecule has 0 fully saturated rings. The van der Waals surface area contributed by atoms with E-state index >= 15 is 0 Å². The Hall–Kier alpha value is -1.45. The first-order valence-electron chi connectivity index (χ1n) is 5.60. The molecular weight excluding hydrogens is 227 g/mol. The maximum atomic E-state index is 13.2. The number of alkyl halides is 3. The number of nitrogens with one attached hydrogen (secondary N) is 1. The van der Waals surface area contributed by atoms with Crippen molar-refractivity contribution in [1.29, 1.82) is 0 Å². The number of benzene rings is 1. The minimum Gasteiger partial charge on any atom is -0.358 e. The molecule has 4 heteroatoms. The standard InChI is InChI=1S/C13H12F3N/c1-12(13(14,15)16)7-6-10-11(12)8-4-2-3-5-9(8)17-10/h2-5,17H,6-7H2,1H3. The van der Waals surface area contributed by atoms with E-state index < -0.39 is 11.6 Å². The van der Waals surface area contributed by atoms with Crippen molar-refractivity contribution in [1.82, 2.24) is 4.98 Å². The molecule has 1 aromatic carbocycles. The lowest BCUT2D eigenvalue weighted by Gasteiger charge is -2.28. The molecule has 1 aromatic heterocycles. The van der Waals surface area contributed by atoms with E-state index in [0.29, 0.717) is 17.4 Å². The van der Waals surface area contributed by atoms with Gasteiger partial charge in [0.05, 0.1) is 5.41 Å². The summed E-state index contributed by atoms with van der Waals surface area (Å²) in [7, 11) is 0. The van der Waals surface area contributed by atoms with Gasteiger partial charge in [0.2, 0.25) is 0 Å². The molecule has 1 atom stereocenters. The molecule has 0 radical (unpaired) electrons. The van der Waals surface area contributed by atoms with E-state index in [1.165, 1.54) is 6.92 Å². The van der Waals surface area contributed by atoms with Gasteiger partial charge in [-0.2, -0.15) is 13.2 Å². The summed E-state index contributed by atoms with van der Waals surface area (Å²) in [5, 5.41) is 0.708. The van der Waals surface area contributed by atoms with E-state index in [-0.39, 0.29) is 6.42 Å². The molecule has 1 aliphatic carbocycles. The van der Waals surface area contributed by atoms with Crippen LogP contribution < -0.4 is 0 Å². The third-order valence-corrected chi connectivity index (χ3v) is 3.84. The summed E-state index contributed by atoms with van der Waals surface area (Å²) < 4.78 is 39.6. The van der Waals surface area contributed by atoms with Crippen LogP contribution in [0.5, 0.6) is 0 Å². The van der Waals surface area contributed by atoms with Gasteiger partial charge in [0.15, 0.2) is 0 Å². The van der Waals surface area contributed by atoms with Crippen LogP contribution in [-0.2, 0) is 11.8 Å². The van der Waals surface area contributed by atoms with Crippen molar-refractivity contribution in [3.8, 4) is 0 Å². The fraction of sp³-hybridized carbons (Fsp3) is 0.385. The molecular formula is C13H12F3N. The Kier molecular flexibility index (Phi) is 1.92. The zero-order chi connectivity index (χ0) is 12.3. The number of aryl methyl sites for hydroxylation is 1. The lowest BCUT2D eigenvalue weighted by Crippen LogP contribution is -2.37. The van der Waals surface area contributed by atoms with Gasteiger partial charge in [0.25, 0.3) is 0 Å². The Morgan fingerprint density at radius 2 is 1.94 bits per heavy atom. The lowest BCUT2D eigenvalue weighted by molar-refractivity contribution is -0.184. The lowest BCUT2D eigenvalue weighted by atomic mass is 9.82. The fourth-order valence-electron chi connectivity index (χ4n) is 2.80. The summed E-state index contributed by atoms with van der Waals surface area (Å²) in [6, 6.07) is 7.20. The second kappa shape index (κ2) is 3.06. The Labute approximate surface area is 96.6 Å². The van der Waals surface area contributed by atoms with Gasteiger partial charge >= 0.3 is 6.18 Å². The van der Waals surface area contributed by atoms with Crippen LogP contribution in [0.1, 0.15) is 24.6 Å². The highest BCUT2D eigenvalue weighted by Gasteiger charge is 2.56. The van der Waals surface area contributed by atoms with Crippen molar-refractivity contribution < 1.29 is 13.2 Å². The third kappa shape index (κ3) is 1.27. The van der Waals surface area contributed by atoms with E-state index in [0.717, 1.165) is 11.2 Å². The minimum absolute atomic E-state index is 0.141. The fourth-order valence-corrected chi connectivity index (χ4v) is 2.80. The molecule has 3 rings (SSSR count). The van der Waals surface area contributed by atoms with Crippen molar-refractivity contribution in [2.45, 2.75) is 31.4 Å². The number of H-pyrrole nitrogens is 1. The van der Waals surface area contributed by atoms with Crippen LogP contribution in [0.2, 0.25) is 0 Å². The predicted octanol–water partition coefficient (Wildman–Crippen LogP) is 3.93. The van der Waals surface area contributed by atoms with Gasteiger partial charge in [-0.3, -0.25) is 0 Å². The Bertz CT molecular complexity index is 582. The van der Waals surface area contributed by atoms with Gasteiger partial charge in [-0.15, -0.1) is 0 Å². The smallest absolute Gasteiger partial charge is 0.358 e. The molecule has 0 bridgehead atoms. The highest BCUT2D eigenvalue weighted by molar-refractivity contribution is 5.86. The number of rotatable bonds is 0. The second-order valence-corrected chi connectivity index (χ2v) is 4.85. The zero-order valence-corrected chi connectivity index (χ0v) is 9.36. The minimum atomic E-state index is -4.19. The summed E-state index contributed by atoms with van der Waals surface area (Å²) in [6.07, 6.45) is -3.58. The Balaban J connectivity index is 2.32. The molecule has 0 saturated carbocycles. The van der Waals surface area contributed by atoms with Crippen molar-refractivity contribution in [3.05, 3.63) is 35.5 Å². The summed E-state index contributed by atoms with van der Waals surface area (Å²) >= 11 is 0.